The SMILES string of the molecule is CCCNCc1cnc(C2CCC(C)(C)CC2)[nH]1. The minimum atomic E-state index is 0.536. The summed E-state index contributed by atoms with van der Waals surface area (Å²) in [5.41, 5.74) is 1.76. The van der Waals surface area contributed by atoms with Gasteiger partial charge in [0.15, 0.2) is 0 Å². The molecule has 0 amide bonds. The van der Waals surface area contributed by atoms with Crippen molar-refractivity contribution in [1.82, 2.24) is 15.3 Å². The Morgan fingerprint density at radius 2 is 2.11 bits per heavy atom. The lowest BCUT2D eigenvalue weighted by molar-refractivity contribution is 0.221. The molecule has 18 heavy (non-hydrogen) atoms. The van der Waals surface area contributed by atoms with Crippen LogP contribution in [0.1, 0.15) is 70.3 Å². The number of aromatic nitrogens is 2. The standard InChI is InChI=1S/C15H27N3/c1-4-9-16-10-13-11-17-14(18-13)12-5-7-15(2,3)8-6-12/h11-12,16H,4-10H2,1-3H3,(H,17,18). The van der Waals surface area contributed by atoms with E-state index in [0.29, 0.717) is 11.3 Å². The van der Waals surface area contributed by atoms with Crippen molar-refractivity contribution in [3.8, 4) is 0 Å². The van der Waals surface area contributed by atoms with Crippen LogP contribution in [0.2, 0.25) is 0 Å². The third kappa shape index (κ3) is 3.58. The van der Waals surface area contributed by atoms with Crippen LogP contribution in [0, 0.1) is 5.41 Å². The first kappa shape index (κ1) is 13.6. The van der Waals surface area contributed by atoms with Crippen LogP contribution in [0.3, 0.4) is 0 Å². The normalized spacial score (nSPS) is 20.2. The molecule has 1 aliphatic carbocycles. The molecule has 1 aromatic rings. The molecule has 1 fully saturated rings. The van der Waals surface area contributed by atoms with Crippen molar-refractivity contribution < 1.29 is 0 Å². The molecule has 0 atom stereocenters. The van der Waals surface area contributed by atoms with E-state index >= 15 is 0 Å². The Labute approximate surface area is 111 Å². The van der Waals surface area contributed by atoms with E-state index in [2.05, 4.69) is 36.1 Å². The Morgan fingerprint density at radius 3 is 2.78 bits per heavy atom. The third-order valence-electron chi connectivity index (χ3n) is 4.12. The van der Waals surface area contributed by atoms with Crippen LogP contribution in [0.25, 0.3) is 0 Å². The summed E-state index contributed by atoms with van der Waals surface area (Å²) < 4.78 is 0. The molecule has 2 rings (SSSR count). The van der Waals surface area contributed by atoms with Crippen molar-refractivity contribution in [2.45, 2.75) is 65.3 Å². The van der Waals surface area contributed by atoms with Gasteiger partial charge in [-0.15, -0.1) is 0 Å². The maximum absolute atomic E-state index is 4.57. The molecule has 3 nitrogen and oxygen atoms in total. The van der Waals surface area contributed by atoms with Gasteiger partial charge in [-0.25, -0.2) is 4.98 Å². The molecule has 0 unspecified atom stereocenters. The molecule has 1 aliphatic rings. The fourth-order valence-corrected chi connectivity index (χ4v) is 2.75. The lowest BCUT2D eigenvalue weighted by atomic mass is 9.73. The Hall–Kier alpha value is -0.830. The molecular weight excluding hydrogens is 222 g/mol. The Kier molecular flexibility index (Phi) is 4.44. The maximum Gasteiger partial charge on any atom is 0.109 e. The number of nitrogens with zero attached hydrogens (tertiary/aromatic N) is 1. The van der Waals surface area contributed by atoms with Crippen LogP contribution in [-0.4, -0.2) is 16.5 Å². The minimum absolute atomic E-state index is 0.536. The summed E-state index contributed by atoms with van der Waals surface area (Å²) in [5.74, 6) is 1.86. The second-order valence-electron chi connectivity index (χ2n) is 6.41. The molecule has 0 aromatic carbocycles. The van der Waals surface area contributed by atoms with E-state index in [1.807, 2.05) is 6.20 Å². The molecule has 1 aromatic heterocycles. The second-order valence-corrected chi connectivity index (χ2v) is 6.41. The zero-order chi connectivity index (χ0) is 13.0. The average molecular weight is 249 g/mol. The van der Waals surface area contributed by atoms with Gasteiger partial charge in [-0.1, -0.05) is 20.8 Å². The fraction of sp³-hybridized carbons (Fsp3) is 0.800. The number of nitrogens with one attached hydrogen (secondary N) is 2. The Morgan fingerprint density at radius 1 is 1.39 bits per heavy atom. The Bertz CT molecular complexity index is 358. The number of hydrogen-bond acceptors (Lipinski definition) is 2. The van der Waals surface area contributed by atoms with Crippen molar-refractivity contribution in [2.75, 3.05) is 6.54 Å². The molecule has 0 bridgehead atoms. The van der Waals surface area contributed by atoms with Gasteiger partial charge < -0.3 is 10.3 Å². The van der Waals surface area contributed by atoms with Gasteiger partial charge in [0.1, 0.15) is 5.82 Å². The predicted molar refractivity (Wildman–Crippen MR) is 75.6 cm³/mol. The van der Waals surface area contributed by atoms with E-state index < -0.39 is 0 Å². The van der Waals surface area contributed by atoms with E-state index in [9.17, 15) is 0 Å². The van der Waals surface area contributed by atoms with Crippen molar-refractivity contribution in [3.05, 3.63) is 17.7 Å². The van der Waals surface area contributed by atoms with Crippen LogP contribution in [0.15, 0.2) is 6.20 Å². The van der Waals surface area contributed by atoms with E-state index in [1.165, 1.54) is 43.6 Å². The molecule has 0 radical (unpaired) electrons. The van der Waals surface area contributed by atoms with Crippen LogP contribution in [0.5, 0.6) is 0 Å². The van der Waals surface area contributed by atoms with Crippen molar-refractivity contribution in [1.29, 1.82) is 0 Å². The maximum atomic E-state index is 4.57. The highest BCUT2D eigenvalue weighted by Crippen LogP contribution is 2.41. The van der Waals surface area contributed by atoms with Gasteiger partial charge in [0.05, 0.1) is 0 Å². The highest BCUT2D eigenvalue weighted by Gasteiger charge is 2.28. The molecule has 3 heteroatoms. The molecule has 0 saturated heterocycles. The summed E-state index contributed by atoms with van der Waals surface area (Å²) >= 11 is 0. The molecule has 2 N–H and O–H groups in total. The highest BCUT2D eigenvalue weighted by atomic mass is 15.0. The quantitative estimate of drug-likeness (QED) is 0.783. The summed E-state index contributed by atoms with van der Waals surface area (Å²) in [6, 6.07) is 0. The van der Waals surface area contributed by atoms with Crippen molar-refractivity contribution in [3.63, 3.8) is 0 Å². The summed E-state index contributed by atoms with van der Waals surface area (Å²) in [4.78, 5) is 8.07. The molecule has 0 spiro atoms. The number of hydrogen-bond donors (Lipinski definition) is 2. The van der Waals surface area contributed by atoms with Crippen LogP contribution >= 0.6 is 0 Å². The first-order chi connectivity index (χ1) is 8.61. The number of imidazole rings is 1. The second kappa shape index (κ2) is 5.87. The Balaban J connectivity index is 1.86. The summed E-state index contributed by atoms with van der Waals surface area (Å²) in [7, 11) is 0. The number of rotatable bonds is 5. The van der Waals surface area contributed by atoms with Crippen LogP contribution in [0.4, 0.5) is 0 Å². The average Bonchev–Trinajstić information content (AvgIpc) is 2.78. The number of aromatic amines is 1. The van der Waals surface area contributed by atoms with Gasteiger partial charge in [-0.2, -0.15) is 0 Å². The molecular formula is C15H27N3. The molecule has 0 aliphatic heterocycles. The lowest BCUT2D eigenvalue weighted by Crippen LogP contribution is -2.20. The zero-order valence-electron chi connectivity index (χ0n) is 12.1. The van der Waals surface area contributed by atoms with Crippen molar-refractivity contribution in [2.24, 2.45) is 5.41 Å². The summed E-state index contributed by atoms with van der Waals surface area (Å²) in [6.07, 6.45) is 8.38. The van der Waals surface area contributed by atoms with Gasteiger partial charge in [-0.3, -0.25) is 0 Å². The van der Waals surface area contributed by atoms with Gasteiger partial charge in [0.25, 0.3) is 0 Å². The van der Waals surface area contributed by atoms with E-state index in [-0.39, 0.29) is 0 Å². The highest BCUT2D eigenvalue weighted by molar-refractivity contribution is 5.07. The van der Waals surface area contributed by atoms with E-state index in [4.69, 9.17) is 0 Å². The third-order valence-corrected chi connectivity index (χ3v) is 4.12. The van der Waals surface area contributed by atoms with Crippen molar-refractivity contribution >= 4 is 0 Å². The molecule has 1 saturated carbocycles. The van der Waals surface area contributed by atoms with Crippen LogP contribution in [-0.2, 0) is 6.54 Å². The topological polar surface area (TPSA) is 40.7 Å². The van der Waals surface area contributed by atoms with Gasteiger partial charge in [-0.05, 0) is 44.1 Å². The molecule has 102 valence electrons. The lowest BCUT2D eigenvalue weighted by Gasteiger charge is -2.33. The first-order valence-electron chi connectivity index (χ1n) is 7.35. The van der Waals surface area contributed by atoms with Crippen LogP contribution < -0.4 is 5.32 Å². The van der Waals surface area contributed by atoms with E-state index in [0.717, 1.165) is 13.1 Å². The largest absolute Gasteiger partial charge is 0.345 e. The zero-order valence-corrected chi connectivity index (χ0v) is 12.1. The van der Waals surface area contributed by atoms with E-state index in [1.54, 1.807) is 0 Å². The predicted octanol–water partition coefficient (Wildman–Crippen LogP) is 3.59. The minimum Gasteiger partial charge on any atom is -0.345 e. The smallest absolute Gasteiger partial charge is 0.109 e. The summed E-state index contributed by atoms with van der Waals surface area (Å²) in [6.45, 7) is 8.94. The van der Waals surface area contributed by atoms with Gasteiger partial charge in [0, 0.05) is 24.4 Å². The first-order valence-corrected chi connectivity index (χ1v) is 7.35. The van der Waals surface area contributed by atoms with Gasteiger partial charge in [0.2, 0.25) is 0 Å². The fourth-order valence-electron chi connectivity index (χ4n) is 2.75. The number of H-pyrrole nitrogens is 1. The van der Waals surface area contributed by atoms with Gasteiger partial charge >= 0.3 is 0 Å². The molecule has 1 heterocycles. The summed E-state index contributed by atoms with van der Waals surface area (Å²) in [5, 5.41) is 3.41. The monoisotopic (exact) mass is 249 g/mol.